The third kappa shape index (κ3) is 4.29. The van der Waals surface area contributed by atoms with Gasteiger partial charge in [0.25, 0.3) is 0 Å². The van der Waals surface area contributed by atoms with E-state index in [1.54, 1.807) is 0 Å². The molecule has 1 heterocycles. The highest BCUT2D eigenvalue weighted by Gasteiger charge is 2.19. The standard InChI is InChI=1S/C20H30N2O2/c1-22-12-11-16-13-17(8-9-18(16)22)19(23)14-21-20(24)10-7-15-5-3-2-4-6-15/h8-9,13,15,19,23H,2-7,10-12,14H2,1H3,(H,21,24). The van der Waals surface area contributed by atoms with Gasteiger partial charge in [-0.05, 0) is 36.0 Å². The molecule has 1 atom stereocenters. The number of likely N-dealkylation sites (N-methyl/N-ethyl adjacent to an activating group) is 1. The van der Waals surface area contributed by atoms with Gasteiger partial charge in [0, 0.05) is 32.2 Å². The Kier molecular flexibility index (Phi) is 5.77. The van der Waals surface area contributed by atoms with E-state index in [0.717, 1.165) is 30.9 Å². The van der Waals surface area contributed by atoms with Gasteiger partial charge in [0.2, 0.25) is 5.91 Å². The van der Waals surface area contributed by atoms with Gasteiger partial charge in [-0.25, -0.2) is 0 Å². The summed E-state index contributed by atoms with van der Waals surface area (Å²) in [4.78, 5) is 14.3. The fourth-order valence-corrected chi connectivity index (χ4v) is 4.02. The number of anilines is 1. The Morgan fingerprint density at radius 1 is 1.33 bits per heavy atom. The minimum atomic E-state index is -0.625. The average Bonchev–Trinajstić information content (AvgIpc) is 2.99. The summed E-state index contributed by atoms with van der Waals surface area (Å²) in [6, 6.07) is 6.13. The number of benzene rings is 1. The first-order valence-corrected chi connectivity index (χ1v) is 9.42. The molecule has 1 aromatic rings. The fraction of sp³-hybridized carbons (Fsp3) is 0.650. The summed E-state index contributed by atoms with van der Waals surface area (Å²) in [6.07, 6.45) is 8.53. The molecule has 0 aromatic heterocycles. The molecule has 24 heavy (non-hydrogen) atoms. The first-order chi connectivity index (χ1) is 11.6. The topological polar surface area (TPSA) is 52.6 Å². The van der Waals surface area contributed by atoms with E-state index in [1.165, 1.54) is 43.4 Å². The molecule has 1 aliphatic carbocycles. The maximum atomic E-state index is 12.0. The van der Waals surface area contributed by atoms with E-state index in [2.05, 4.69) is 29.4 Å². The van der Waals surface area contributed by atoms with Gasteiger partial charge in [0.1, 0.15) is 0 Å². The number of aliphatic hydroxyl groups is 1. The van der Waals surface area contributed by atoms with Gasteiger partial charge in [-0.15, -0.1) is 0 Å². The number of nitrogens with one attached hydrogen (secondary N) is 1. The fourth-order valence-electron chi connectivity index (χ4n) is 4.02. The largest absolute Gasteiger partial charge is 0.387 e. The third-order valence-electron chi connectivity index (χ3n) is 5.61. The average molecular weight is 330 g/mol. The molecular weight excluding hydrogens is 300 g/mol. The van der Waals surface area contributed by atoms with E-state index in [1.807, 2.05) is 6.07 Å². The second-order valence-electron chi connectivity index (χ2n) is 7.42. The quantitative estimate of drug-likeness (QED) is 0.842. The zero-order valence-corrected chi connectivity index (χ0v) is 14.8. The van der Waals surface area contributed by atoms with Crippen LogP contribution in [0.4, 0.5) is 5.69 Å². The molecule has 1 saturated carbocycles. The molecule has 2 N–H and O–H groups in total. The van der Waals surface area contributed by atoms with Crippen LogP contribution in [0.5, 0.6) is 0 Å². The van der Waals surface area contributed by atoms with Gasteiger partial charge in [0.05, 0.1) is 6.10 Å². The molecule has 132 valence electrons. The van der Waals surface area contributed by atoms with Crippen LogP contribution < -0.4 is 10.2 Å². The Hall–Kier alpha value is -1.55. The molecule has 1 aliphatic heterocycles. The second-order valence-corrected chi connectivity index (χ2v) is 7.42. The number of amides is 1. The summed E-state index contributed by atoms with van der Waals surface area (Å²) in [5, 5.41) is 13.3. The monoisotopic (exact) mass is 330 g/mol. The van der Waals surface area contributed by atoms with Crippen LogP contribution in [0.25, 0.3) is 0 Å². The minimum Gasteiger partial charge on any atom is -0.387 e. The number of aliphatic hydroxyl groups excluding tert-OH is 1. The summed E-state index contributed by atoms with van der Waals surface area (Å²) >= 11 is 0. The van der Waals surface area contributed by atoms with Crippen molar-refractivity contribution in [1.82, 2.24) is 5.32 Å². The van der Waals surface area contributed by atoms with Gasteiger partial charge >= 0.3 is 0 Å². The molecule has 0 bridgehead atoms. The van der Waals surface area contributed by atoms with Crippen molar-refractivity contribution in [3.8, 4) is 0 Å². The highest BCUT2D eigenvalue weighted by molar-refractivity contribution is 5.75. The van der Waals surface area contributed by atoms with Crippen LogP contribution in [0.2, 0.25) is 0 Å². The Labute approximate surface area is 145 Å². The molecule has 4 heteroatoms. The van der Waals surface area contributed by atoms with Crippen LogP contribution in [0.3, 0.4) is 0 Å². The van der Waals surface area contributed by atoms with E-state index in [0.29, 0.717) is 13.0 Å². The maximum absolute atomic E-state index is 12.0. The van der Waals surface area contributed by atoms with E-state index in [-0.39, 0.29) is 5.91 Å². The minimum absolute atomic E-state index is 0.0699. The van der Waals surface area contributed by atoms with E-state index in [9.17, 15) is 9.90 Å². The second kappa shape index (κ2) is 8.02. The van der Waals surface area contributed by atoms with E-state index >= 15 is 0 Å². The smallest absolute Gasteiger partial charge is 0.220 e. The molecular formula is C20H30N2O2. The molecule has 1 aromatic carbocycles. The number of carbonyl (C=O) groups is 1. The third-order valence-corrected chi connectivity index (χ3v) is 5.61. The molecule has 1 unspecified atom stereocenters. The van der Waals surface area contributed by atoms with Crippen LogP contribution in [-0.4, -0.2) is 31.2 Å². The van der Waals surface area contributed by atoms with Crippen LogP contribution in [-0.2, 0) is 11.2 Å². The van der Waals surface area contributed by atoms with Crippen molar-refractivity contribution in [3.05, 3.63) is 29.3 Å². The molecule has 1 fully saturated rings. The molecule has 2 aliphatic rings. The van der Waals surface area contributed by atoms with E-state index in [4.69, 9.17) is 0 Å². The number of nitrogens with zero attached hydrogens (tertiary/aromatic N) is 1. The van der Waals surface area contributed by atoms with Gasteiger partial charge in [-0.3, -0.25) is 4.79 Å². The molecule has 1 amide bonds. The zero-order valence-electron chi connectivity index (χ0n) is 14.8. The Bertz CT molecular complexity index is 567. The van der Waals surface area contributed by atoms with E-state index < -0.39 is 6.10 Å². The Morgan fingerprint density at radius 2 is 2.12 bits per heavy atom. The van der Waals surface area contributed by atoms with Crippen molar-refractivity contribution in [1.29, 1.82) is 0 Å². The van der Waals surface area contributed by atoms with Crippen molar-refractivity contribution in [2.45, 2.75) is 57.5 Å². The van der Waals surface area contributed by atoms with Crippen LogP contribution in [0.15, 0.2) is 18.2 Å². The molecule has 0 radical (unpaired) electrons. The summed E-state index contributed by atoms with van der Waals surface area (Å²) in [6.45, 7) is 1.34. The molecule has 0 spiro atoms. The highest BCUT2D eigenvalue weighted by Crippen LogP contribution is 2.29. The van der Waals surface area contributed by atoms with Crippen LogP contribution in [0.1, 0.15) is 62.2 Å². The number of rotatable bonds is 6. The number of carbonyl (C=O) groups excluding carboxylic acids is 1. The van der Waals surface area contributed by atoms with Gasteiger partial charge in [0.15, 0.2) is 0 Å². The normalized spacial score (nSPS) is 19.2. The SMILES string of the molecule is CN1CCc2cc(C(O)CNC(=O)CCC3CCCCC3)ccc21. The number of hydrogen-bond acceptors (Lipinski definition) is 3. The lowest BCUT2D eigenvalue weighted by atomic mass is 9.86. The lowest BCUT2D eigenvalue weighted by Gasteiger charge is -2.21. The molecule has 0 saturated heterocycles. The van der Waals surface area contributed by atoms with Crippen LogP contribution in [0, 0.1) is 5.92 Å². The first-order valence-electron chi connectivity index (χ1n) is 9.42. The predicted octanol–water partition coefficient (Wildman–Crippen LogP) is 3.19. The van der Waals surface area contributed by atoms with Crippen LogP contribution >= 0.6 is 0 Å². The van der Waals surface area contributed by atoms with Crippen molar-refractivity contribution in [2.24, 2.45) is 5.92 Å². The lowest BCUT2D eigenvalue weighted by Crippen LogP contribution is -2.28. The van der Waals surface area contributed by atoms with Gasteiger partial charge < -0.3 is 15.3 Å². The van der Waals surface area contributed by atoms with Crippen molar-refractivity contribution >= 4 is 11.6 Å². The molecule has 4 nitrogen and oxygen atoms in total. The van der Waals surface area contributed by atoms with Crippen molar-refractivity contribution in [2.75, 3.05) is 25.0 Å². The van der Waals surface area contributed by atoms with Gasteiger partial charge in [-0.2, -0.15) is 0 Å². The molecule has 3 rings (SSSR count). The number of hydrogen-bond donors (Lipinski definition) is 2. The highest BCUT2D eigenvalue weighted by atomic mass is 16.3. The first kappa shape index (κ1) is 17.3. The Balaban J connectivity index is 1.43. The zero-order chi connectivity index (χ0) is 16.9. The summed E-state index contributed by atoms with van der Waals surface area (Å²) < 4.78 is 0. The Morgan fingerprint density at radius 3 is 2.92 bits per heavy atom. The van der Waals surface area contributed by atoms with Crippen molar-refractivity contribution < 1.29 is 9.90 Å². The van der Waals surface area contributed by atoms with Gasteiger partial charge in [-0.1, -0.05) is 44.2 Å². The summed E-state index contributed by atoms with van der Waals surface area (Å²) in [7, 11) is 2.09. The summed E-state index contributed by atoms with van der Waals surface area (Å²) in [5.41, 5.74) is 3.44. The number of fused-ring (bicyclic) bond motifs is 1. The predicted molar refractivity (Wildman–Crippen MR) is 97.2 cm³/mol. The maximum Gasteiger partial charge on any atom is 0.220 e. The van der Waals surface area contributed by atoms with Crippen molar-refractivity contribution in [3.63, 3.8) is 0 Å². The summed E-state index contributed by atoms with van der Waals surface area (Å²) in [5.74, 6) is 0.795. The lowest BCUT2D eigenvalue weighted by molar-refractivity contribution is -0.121.